The average molecular weight is 364 g/mol. The molecule has 0 aliphatic carbocycles. The van der Waals surface area contributed by atoms with Gasteiger partial charge in [-0.1, -0.05) is 29.8 Å². The molecule has 2 aromatic carbocycles. The van der Waals surface area contributed by atoms with Crippen LogP contribution in [-0.2, 0) is 17.8 Å². The van der Waals surface area contributed by atoms with Crippen molar-refractivity contribution in [3.05, 3.63) is 89.4 Å². The third kappa shape index (κ3) is 5.92. The lowest BCUT2D eigenvalue weighted by Gasteiger charge is -2.08. The first-order valence-electron chi connectivity index (χ1n) is 8.79. The number of halogens is 1. The average Bonchev–Trinajstić information content (AvgIpc) is 2.68. The number of hydrogen-bond acceptors (Lipinski definition) is 3. The summed E-state index contributed by atoms with van der Waals surface area (Å²) in [6.07, 6.45) is 2.76. The van der Waals surface area contributed by atoms with Crippen molar-refractivity contribution in [2.24, 2.45) is 0 Å². The third-order valence-electron chi connectivity index (χ3n) is 4.09. The van der Waals surface area contributed by atoms with Gasteiger partial charge in [0, 0.05) is 25.2 Å². The molecule has 3 rings (SSSR count). The van der Waals surface area contributed by atoms with Crippen LogP contribution in [0.25, 0.3) is 0 Å². The van der Waals surface area contributed by atoms with Crippen LogP contribution in [0.4, 0.5) is 4.39 Å². The van der Waals surface area contributed by atoms with Crippen LogP contribution in [0.5, 0.6) is 11.6 Å². The minimum atomic E-state index is -0.322. The van der Waals surface area contributed by atoms with Gasteiger partial charge in [0.25, 0.3) is 0 Å². The Labute approximate surface area is 158 Å². The lowest BCUT2D eigenvalue weighted by molar-refractivity contribution is -0.121. The highest BCUT2D eigenvalue weighted by molar-refractivity contribution is 5.76. The Balaban J connectivity index is 1.49. The second kappa shape index (κ2) is 8.94. The Morgan fingerprint density at radius 3 is 2.52 bits per heavy atom. The number of carbonyl (C=O) groups excluding carboxylic acids is 1. The maximum Gasteiger partial charge on any atom is 0.220 e. The van der Waals surface area contributed by atoms with Crippen LogP contribution in [0.1, 0.15) is 23.1 Å². The molecule has 4 nitrogen and oxygen atoms in total. The number of benzene rings is 2. The smallest absolute Gasteiger partial charge is 0.220 e. The van der Waals surface area contributed by atoms with Crippen molar-refractivity contribution in [1.82, 2.24) is 10.3 Å². The molecule has 27 heavy (non-hydrogen) atoms. The number of amides is 1. The van der Waals surface area contributed by atoms with Crippen LogP contribution in [-0.4, -0.2) is 10.9 Å². The molecule has 1 amide bonds. The fourth-order valence-electron chi connectivity index (χ4n) is 2.54. The van der Waals surface area contributed by atoms with Crippen molar-refractivity contribution in [2.45, 2.75) is 26.3 Å². The summed E-state index contributed by atoms with van der Waals surface area (Å²) in [7, 11) is 0. The molecular formula is C22H21FN2O2. The Morgan fingerprint density at radius 2 is 1.78 bits per heavy atom. The molecule has 138 valence electrons. The topological polar surface area (TPSA) is 51.2 Å². The Morgan fingerprint density at radius 1 is 1.04 bits per heavy atom. The SMILES string of the molecule is Cc1ccc(CCC(=O)NCc2ccnc(Oc3ccc(F)cc3)c2)cc1. The summed E-state index contributed by atoms with van der Waals surface area (Å²) in [6, 6.07) is 17.5. The highest BCUT2D eigenvalue weighted by Gasteiger charge is 2.05. The molecule has 3 aromatic rings. The molecular weight excluding hydrogens is 343 g/mol. The molecule has 0 saturated carbocycles. The number of nitrogens with zero attached hydrogens (tertiary/aromatic N) is 1. The summed E-state index contributed by atoms with van der Waals surface area (Å²) in [6.45, 7) is 2.44. The van der Waals surface area contributed by atoms with E-state index >= 15 is 0 Å². The fraction of sp³-hybridized carbons (Fsp3) is 0.182. The summed E-state index contributed by atoms with van der Waals surface area (Å²) in [5, 5.41) is 2.91. The molecule has 0 bridgehead atoms. The van der Waals surface area contributed by atoms with E-state index in [-0.39, 0.29) is 11.7 Å². The van der Waals surface area contributed by atoms with Crippen molar-refractivity contribution in [1.29, 1.82) is 0 Å². The molecule has 0 aliphatic rings. The van der Waals surface area contributed by atoms with Gasteiger partial charge >= 0.3 is 0 Å². The predicted molar refractivity (Wildman–Crippen MR) is 102 cm³/mol. The zero-order chi connectivity index (χ0) is 19.1. The maximum atomic E-state index is 12.9. The summed E-state index contributed by atoms with van der Waals surface area (Å²) < 4.78 is 18.5. The number of nitrogens with one attached hydrogen (secondary N) is 1. The lowest BCUT2D eigenvalue weighted by atomic mass is 10.1. The van der Waals surface area contributed by atoms with Crippen molar-refractivity contribution in [3.63, 3.8) is 0 Å². The zero-order valence-corrected chi connectivity index (χ0v) is 15.1. The second-order valence-electron chi connectivity index (χ2n) is 6.32. The first-order chi connectivity index (χ1) is 13.1. The first kappa shape index (κ1) is 18.6. The number of rotatable bonds is 7. The van der Waals surface area contributed by atoms with Crippen LogP contribution in [0, 0.1) is 12.7 Å². The molecule has 0 radical (unpaired) electrons. The highest BCUT2D eigenvalue weighted by Crippen LogP contribution is 2.20. The van der Waals surface area contributed by atoms with Gasteiger partial charge in [-0.2, -0.15) is 0 Å². The number of aromatic nitrogens is 1. The standard InChI is InChI=1S/C22H21FN2O2/c1-16-2-4-17(5-3-16)6-11-21(26)25-15-18-12-13-24-22(14-18)27-20-9-7-19(23)8-10-20/h2-5,7-10,12-14H,6,11,15H2,1H3,(H,25,26). The molecule has 0 unspecified atom stereocenters. The molecule has 5 heteroatoms. The van der Waals surface area contributed by atoms with Crippen molar-refractivity contribution in [2.75, 3.05) is 0 Å². The van der Waals surface area contributed by atoms with Gasteiger partial charge in [0.2, 0.25) is 11.8 Å². The first-order valence-corrected chi connectivity index (χ1v) is 8.79. The normalized spacial score (nSPS) is 10.4. The van der Waals surface area contributed by atoms with Gasteiger partial charge < -0.3 is 10.1 Å². The zero-order valence-electron chi connectivity index (χ0n) is 15.1. The van der Waals surface area contributed by atoms with E-state index in [9.17, 15) is 9.18 Å². The highest BCUT2D eigenvalue weighted by atomic mass is 19.1. The molecule has 0 fully saturated rings. The minimum Gasteiger partial charge on any atom is -0.439 e. The Kier molecular flexibility index (Phi) is 6.15. The van der Waals surface area contributed by atoms with Crippen LogP contribution >= 0.6 is 0 Å². The van der Waals surface area contributed by atoms with E-state index in [1.807, 2.05) is 37.3 Å². The number of hydrogen-bond donors (Lipinski definition) is 1. The van der Waals surface area contributed by atoms with Crippen molar-refractivity contribution >= 4 is 5.91 Å². The van der Waals surface area contributed by atoms with E-state index in [2.05, 4.69) is 10.3 Å². The van der Waals surface area contributed by atoms with Gasteiger partial charge in [-0.15, -0.1) is 0 Å². The Bertz CT molecular complexity index is 893. The van der Waals surface area contributed by atoms with E-state index in [1.54, 1.807) is 12.3 Å². The van der Waals surface area contributed by atoms with E-state index in [0.717, 1.165) is 11.1 Å². The van der Waals surface area contributed by atoms with E-state index < -0.39 is 0 Å². The molecule has 1 N–H and O–H groups in total. The monoisotopic (exact) mass is 364 g/mol. The van der Waals surface area contributed by atoms with E-state index in [0.29, 0.717) is 31.0 Å². The van der Waals surface area contributed by atoms with Gasteiger partial charge in [-0.05, 0) is 54.8 Å². The van der Waals surface area contributed by atoms with Crippen molar-refractivity contribution < 1.29 is 13.9 Å². The van der Waals surface area contributed by atoms with Crippen molar-refractivity contribution in [3.8, 4) is 11.6 Å². The molecule has 1 aromatic heterocycles. The number of carbonyl (C=O) groups is 1. The predicted octanol–water partition coefficient (Wildman–Crippen LogP) is 4.57. The van der Waals surface area contributed by atoms with Crippen LogP contribution in [0.2, 0.25) is 0 Å². The van der Waals surface area contributed by atoms with Crippen LogP contribution in [0.3, 0.4) is 0 Å². The van der Waals surface area contributed by atoms with Gasteiger partial charge in [-0.25, -0.2) is 9.37 Å². The van der Waals surface area contributed by atoms with Gasteiger partial charge in [0.15, 0.2) is 0 Å². The van der Waals surface area contributed by atoms with Crippen LogP contribution < -0.4 is 10.1 Å². The quantitative estimate of drug-likeness (QED) is 0.668. The van der Waals surface area contributed by atoms with Gasteiger partial charge in [0.05, 0.1) is 0 Å². The largest absolute Gasteiger partial charge is 0.439 e. The molecule has 0 saturated heterocycles. The Hall–Kier alpha value is -3.21. The van der Waals surface area contributed by atoms with E-state index in [4.69, 9.17) is 4.74 Å². The molecule has 0 aliphatic heterocycles. The summed E-state index contributed by atoms with van der Waals surface area (Å²) in [5.74, 6) is 0.571. The summed E-state index contributed by atoms with van der Waals surface area (Å²) >= 11 is 0. The molecule has 0 spiro atoms. The molecule has 0 atom stereocenters. The van der Waals surface area contributed by atoms with E-state index in [1.165, 1.54) is 29.8 Å². The van der Waals surface area contributed by atoms with Gasteiger partial charge in [0.1, 0.15) is 11.6 Å². The number of pyridine rings is 1. The third-order valence-corrected chi connectivity index (χ3v) is 4.09. The second-order valence-corrected chi connectivity index (χ2v) is 6.32. The molecule has 1 heterocycles. The van der Waals surface area contributed by atoms with Gasteiger partial charge in [-0.3, -0.25) is 4.79 Å². The summed E-state index contributed by atoms with van der Waals surface area (Å²) in [5.41, 5.74) is 3.24. The van der Waals surface area contributed by atoms with Crippen LogP contribution in [0.15, 0.2) is 66.9 Å². The summed E-state index contributed by atoms with van der Waals surface area (Å²) in [4.78, 5) is 16.2. The number of ether oxygens (including phenoxy) is 1. The lowest BCUT2D eigenvalue weighted by Crippen LogP contribution is -2.23. The fourth-order valence-corrected chi connectivity index (χ4v) is 2.54. The minimum absolute atomic E-state index is 0.00612. The number of aryl methyl sites for hydroxylation is 2. The maximum absolute atomic E-state index is 12.9.